The summed E-state index contributed by atoms with van der Waals surface area (Å²) in [5.74, 6) is -1.18. The van der Waals surface area contributed by atoms with Crippen LogP contribution < -0.4 is 10.5 Å². The van der Waals surface area contributed by atoms with E-state index in [9.17, 15) is 18.0 Å². The molecule has 3 rings (SSSR count). The van der Waals surface area contributed by atoms with Crippen LogP contribution in [-0.4, -0.2) is 48.3 Å². The minimum absolute atomic E-state index is 0.107. The number of carbonyl (C=O) groups is 1. The molecule has 0 bridgehead atoms. The molecule has 1 aliphatic rings. The largest absolute Gasteiger partial charge is 0.480 e. The van der Waals surface area contributed by atoms with Crippen LogP contribution in [0.25, 0.3) is 0 Å². The summed E-state index contributed by atoms with van der Waals surface area (Å²) in [5, 5.41) is 0. The van der Waals surface area contributed by atoms with Crippen molar-refractivity contribution < 1.29 is 27.4 Å². The molecule has 1 atom stereocenters. The number of rotatable bonds is 6. The van der Waals surface area contributed by atoms with Gasteiger partial charge in [-0.2, -0.15) is 0 Å². The Labute approximate surface area is 164 Å². The second kappa shape index (κ2) is 8.16. The minimum Gasteiger partial charge on any atom is -0.480 e. The van der Waals surface area contributed by atoms with Crippen molar-refractivity contribution in [2.45, 2.75) is 25.3 Å². The Morgan fingerprint density at radius 2 is 2.17 bits per heavy atom. The van der Waals surface area contributed by atoms with E-state index < -0.39 is 30.2 Å². The Morgan fingerprint density at radius 3 is 2.79 bits per heavy atom. The molecule has 0 amide bonds. The summed E-state index contributed by atoms with van der Waals surface area (Å²) in [4.78, 5) is 24.6. The lowest BCUT2D eigenvalue weighted by Gasteiger charge is -2.33. The number of halogens is 3. The van der Waals surface area contributed by atoms with Crippen LogP contribution >= 0.6 is 0 Å². The molecule has 154 valence electrons. The molecule has 1 aromatic carbocycles. The highest BCUT2D eigenvalue weighted by Gasteiger charge is 2.46. The molecule has 2 heterocycles. The first-order valence-electron chi connectivity index (χ1n) is 8.66. The lowest BCUT2D eigenvalue weighted by atomic mass is 9.88. The van der Waals surface area contributed by atoms with Gasteiger partial charge in [-0.3, -0.25) is 9.79 Å². The molecule has 7 nitrogen and oxygen atoms in total. The van der Waals surface area contributed by atoms with Crippen molar-refractivity contribution in [3.8, 4) is 5.88 Å². The molecule has 1 aliphatic heterocycles. The topological polar surface area (TPSA) is 99.7 Å². The fourth-order valence-corrected chi connectivity index (χ4v) is 3.11. The summed E-state index contributed by atoms with van der Waals surface area (Å²) in [6.07, 6.45) is -1.94. The second-order valence-electron chi connectivity index (χ2n) is 6.58. The van der Waals surface area contributed by atoms with Crippen LogP contribution in [0.15, 0.2) is 29.4 Å². The molecule has 0 aliphatic carbocycles. The van der Waals surface area contributed by atoms with Crippen LogP contribution in [0.3, 0.4) is 0 Å². The Morgan fingerprint density at radius 1 is 1.41 bits per heavy atom. The van der Waals surface area contributed by atoms with E-state index in [0.29, 0.717) is 11.3 Å². The lowest BCUT2D eigenvalue weighted by Crippen LogP contribution is -2.45. The molecule has 0 unspecified atom stereocenters. The highest BCUT2D eigenvalue weighted by atomic mass is 19.3. The van der Waals surface area contributed by atoms with Crippen LogP contribution in [0, 0.1) is 12.7 Å². The van der Waals surface area contributed by atoms with Crippen molar-refractivity contribution in [1.82, 2.24) is 9.97 Å². The van der Waals surface area contributed by atoms with E-state index in [1.807, 2.05) is 0 Å². The summed E-state index contributed by atoms with van der Waals surface area (Å²) in [5.41, 5.74) is 3.72. The summed E-state index contributed by atoms with van der Waals surface area (Å²) in [7, 11) is 1.42. The van der Waals surface area contributed by atoms with Crippen molar-refractivity contribution in [3.63, 3.8) is 0 Å². The zero-order valence-electron chi connectivity index (χ0n) is 15.8. The van der Waals surface area contributed by atoms with Crippen molar-refractivity contribution in [3.05, 3.63) is 52.7 Å². The number of aryl methyl sites for hydroxylation is 1. The van der Waals surface area contributed by atoms with Crippen molar-refractivity contribution in [2.24, 2.45) is 10.7 Å². The van der Waals surface area contributed by atoms with E-state index in [0.717, 1.165) is 6.07 Å². The number of hydrogen-bond acceptors (Lipinski definition) is 7. The maximum atomic E-state index is 14.5. The smallest absolute Gasteiger partial charge is 0.269 e. The number of amidine groups is 1. The number of Topliss-reactive ketones (excluding diaryl/α,β-unsaturated/α-hetero) is 1. The number of aliphatic imine (C=N–C) groups is 1. The summed E-state index contributed by atoms with van der Waals surface area (Å²) < 4.78 is 52.3. The molecule has 0 radical (unpaired) electrons. The second-order valence-corrected chi connectivity index (χ2v) is 6.58. The van der Waals surface area contributed by atoms with Gasteiger partial charge in [-0.1, -0.05) is 6.07 Å². The normalized spacial score (nSPS) is 19.2. The number of methoxy groups -OCH3 is 1. The number of carbonyl (C=O) groups excluding carboxylic acids is 1. The zero-order chi connectivity index (χ0) is 21.2. The van der Waals surface area contributed by atoms with Gasteiger partial charge in [-0.15, -0.1) is 0 Å². The predicted molar refractivity (Wildman–Crippen MR) is 97.9 cm³/mol. The fraction of sp³-hybridized carbons (Fsp3) is 0.368. The van der Waals surface area contributed by atoms with Gasteiger partial charge in [0.1, 0.15) is 24.0 Å². The zero-order valence-corrected chi connectivity index (χ0v) is 15.8. The van der Waals surface area contributed by atoms with E-state index in [-0.39, 0.29) is 36.0 Å². The fourth-order valence-electron chi connectivity index (χ4n) is 3.11. The SMILES string of the molecule is COc1cnc(C(=O)Cc2ccc(F)c([C@]3(C(F)F)COCC(N)=N3)c2)c(C)n1. The van der Waals surface area contributed by atoms with Gasteiger partial charge in [0.15, 0.2) is 11.3 Å². The van der Waals surface area contributed by atoms with Crippen LogP contribution in [0.5, 0.6) is 5.88 Å². The molecule has 10 heteroatoms. The standard InChI is InChI=1S/C19H19F3N4O3/c1-10-17(24-7-16(25-10)28-2)14(27)6-11-3-4-13(20)12(5-11)19(18(21)22)9-29-8-15(23)26-19/h3-5,7,18H,6,8-9H2,1-2H3,(H2,23,26)/t19-/m0/s1. The average Bonchev–Trinajstić information content (AvgIpc) is 2.68. The van der Waals surface area contributed by atoms with Crippen LogP contribution in [0.2, 0.25) is 0 Å². The van der Waals surface area contributed by atoms with Gasteiger partial charge in [0.2, 0.25) is 5.88 Å². The van der Waals surface area contributed by atoms with Gasteiger partial charge in [-0.25, -0.2) is 23.1 Å². The molecule has 1 aromatic heterocycles. The number of ether oxygens (including phenoxy) is 2. The third-order valence-corrected chi connectivity index (χ3v) is 4.54. The van der Waals surface area contributed by atoms with Gasteiger partial charge in [-0.05, 0) is 24.6 Å². The van der Waals surface area contributed by atoms with Crippen LogP contribution in [-0.2, 0) is 16.7 Å². The number of ketones is 1. The number of nitrogens with two attached hydrogens (primary N) is 1. The maximum Gasteiger partial charge on any atom is 0.269 e. The molecule has 0 spiro atoms. The van der Waals surface area contributed by atoms with Crippen molar-refractivity contribution >= 4 is 11.6 Å². The van der Waals surface area contributed by atoms with E-state index >= 15 is 0 Å². The van der Waals surface area contributed by atoms with Crippen molar-refractivity contribution in [2.75, 3.05) is 20.3 Å². The number of nitrogens with zero attached hydrogens (tertiary/aromatic N) is 3. The summed E-state index contributed by atoms with van der Waals surface area (Å²) in [6.45, 7) is 0.966. The first-order chi connectivity index (χ1) is 13.8. The highest BCUT2D eigenvalue weighted by Crippen LogP contribution is 2.37. The lowest BCUT2D eigenvalue weighted by molar-refractivity contribution is -0.0146. The highest BCUT2D eigenvalue weighted by molar-refractivity contribution is 5.96. The predicted octanol–water partition coefficient (Wildman–Crippen LogP) is 2.21. The van der Waals surface area contributed by atoms with E-state index in [2.05, 4.69) is 15.0 Å². The van der Waals surface area contributed by atoms with Gasteiger partial charge >= 0.3 is 0 Å². The number of hydrogen-bond donors (Lipinski definition) is 1. The molecular formula is C19H19F3N4O3. The molecular weight excluding hydrogens is 389 g/mol. The van der Waals surface area contributed by atoms with Crippen LogP contribution in [0.1, 0.15) is 27.3 Å². The third-order valence-electron chi connectivity index (χ3n) is 4.54. The number of benzene rings is 1. The van der Waals surface area contributed by atoms with E-state index in [1.165, 1.54) is 25.4 Å². The Kier molecular flexibility index (Phi) is 5.83. The van der Waals surface area contributed by atoms with Gasteiger partial charge < -0.3 is 15.2 Å². The molecule has 2 N–H and O–H groups in total. The number of alkyl halides is 2. The first kappa shape index (κ1) is 20.7. The summed E-state index contributed by atoms with van der Waals surface area (Å²) >= 11 is 0. The summed E-state index contributed by atoms with van der Waals surface area (Å²) in [6, 6.07) is 3.56. The average molecular weight is 408 g/mol. The molecule has 29 heavy (non-hydrogen) atoms. The third kappa shape index (κ3) is 4.07. The van der Waals surface area contributed by atoms with Crippen molar-refractivity contribution in [1.29, 1.82) is 0 Å². The van der Waals surface area contributed by atoms with E-state index in [4.69, 9.17) is 15.2 Å². The molecule has 0 fully saturated rings. The molecule has 0 saturated heterocycles. The maximum absolute atomic E-state index is 14.5. The molecule has 2 aromatic rings. The van der Waals surface area contributed by atoms with Gasteiger partial charge in [0, 0.05) is 12.0 Å². The van der Waals surface area contributed by atoms with E-state index in [1.54, 1.807) is 6.92 Å². The first-order valence-corrected chi connectivity index (χ1v) is 8.66. The quantitative estimate of drug-likeness (QED) is 0.736. The van der Waals surface area contributed by atoms with Gasteiger partial charge in [0.25, 0.3) is 6.43 Å². The Bertz CT molecular complexity index is 968. The monoisotopic (exact) mass is 408 g/mol. The minimum atomic E-state index is -3.06. The van der Waals surface area contributed by atoms with Crippen LogP contribution in [0.4, 0.5) is 13.2 Å². The Hall–Kier alpha value is -3.01. The Balaban J connectivity index is 1.95. The van der Waals surface area contributed by atoms with Gasteiger partial charge in [0.05, 0.1) is 25.6 Å². The molecule has 0 saturated carbocycles. The number of aromatic nitrogens is 2.